The molecule has 1 aliphatic heterocycles. The zero-order valence-electron chi connectivity index (χ0n) is 13.1. The average Bonchev–Trinajstić information content (AvgIpc) is 3.19. The van der Waals surface area contributed by atoms with Crippen LogP contribution in [0.15, 0.2) is 52.2 Å². The van der Waals surface area contributed by atoms with Gasteiger partial charge < -0.3 is 14.3 Å². The molecule has 0 saturated carbocycles. The fraction of sp³-hybridized carbons (Fsp3) is 0.235. The summed E-state index contributed by atoms with van der Waals surface area (Å²) in [7, 11) is 1.88. The van der Waals surface area contributed by atoms with E-state index in [1.807, 2.05) is 41.9 Å². The molecule has 3 aromatic rings. The Bertz CT molecular complexity index is 873. The molecule has 122 valence electrons. The zero-order valence-corrected chi connectivity index (χ0v) is 13.9. The third-order valence-corrected chi connectivity index (χ3v) is 5.37. The number of para-hydroxylation sites is 1. The first-order valence-corrected chi connectivity index (χ1v) is 8.59. The van der Waals surface area contributed by atoms with Gasteiger partial charge in [-0.1, -0.05) is 30.0 Å². The van der Waals surface area contributed by atoms with Crippen molar-refractivity contribution < 1.29 is 9.21 Å². The number of nitrogens with zero attached hydrogens (tertiary/aromatic N) is 3. The van der Waals surface area contributed by atoms with Gasteiger partial charge in [0.15, 0.2) is 16.7 Å². The number of aryl methyl sites for hydroxylation is 1. The number of aromatic nitrogens is 3. The van der Waals surface area contributed by atoms with Gasteiger partial charge in [0.25, 0.3) is 0 Å². The number of rotatable bonds is 3. The lowest BCUT2D eigenvalue weighted by molar-refractivity contribution is -0.115. The molecule has 1 amide bonds. The second-order valence-electron chi connectivity index (χ2n) is 5.63. The van der Waals surface area contributed by atoms with Crippen molar-refractivity contribution in [3.8, 4) is 11.6 Å². The summed E-state index contributed by atoms with van der Waals surface area (Å²) >= 11 is 1.44. The van der Waals surface area contributed by atoms with E-state index in [1.54, 1.807) is 6.26 Å². The molecule has 0 bridgehead atoms. The molecule has 0 radical (unpaired) electrons. The third kappa shape index (κ3) is 2.71. The van der Waals surface area contributed by atoms with E-state index in [0.29, 0.717) is 16.7 Å². The van der Waals surface area contributed by atoms with Crippen LogP contribution in [0.4, 0.5) is 5.69 Å². The summed E-state index contributed by atoms with van der Waals surface area (Å²) in [5.41, 5.74) is 2.07. The molecule has 1 atom stereocenters. The van der Waals surface area contributed by atoms with E-state index >= 15 is 0 Å². The Morgan fingerprint density at radius 3 is 2.96 bits per heavy atom. The number of anilines is 1. The fourth-order valence-electron chi connectivity index (χ4n) is 2.77. The molecule has 1 unspecified atom stereocenters. The lowest BCUT2D eigenvalue weighted by atomic mass is 10.1. The Kier molecular flexibility index (Phi) is 3.86. The number of hydrogen-bond acceptors (Lipinski definition) is 5. The Balaban J connectivity index is 1.55. The van der Waals surface area contributed by atoms with Crippen molar-refractivity contribution in [3.63, 3.8) is 0 Å². The van der Waals surface area contributed by atoms with Gasteiger partial charge in [0.2, 0.25) is 5.91 Å². The first-order valence-electron chi connectivity index (χ1n) is 7.71. The summed E-state index contributed by atoms with van der Waals surface area (Å²) < 4.78 is 7.23. The summed E-state index contributed by atoms with van der Waals surface area (Å²) in [5.74, 6) is 1.32. The van der Waals surface area contributed by atoms with Crippen LogP contribution >= 0.6 is 11.8 Å². The van der Waals surface area contributed by atoms with Gasteiger partial charge in [-0.2, -0.15) is 0 Å². The number of furan rings is 1. The van der Waals surface area contributed by atoms with Crippen LogP contribution in [0.3, 0.4) is 0 Å². The van der Waals surface area contributed by atoms with Gasteiger partial charge in [0, 0.05) is 12.7 Å². The lowest BCUT2D eigenvalue weighted by Gasteiger charge is -2.12. The molecule has 24 heavy (non-hydrogen) atoms. The highest BCUT2D eigenvalue weighted by Gasteiger charge is 2.27. The highest BCUT2D eigenvalue weighted by atomic mass is 32.2. The first kappa shape index (κ1) is 15.0. The van der Waals surface area contributed by atoms with Crippen molar-refractivity contribution in [2.45, 2.75) is 23.2 Å². The van der Waals surface area contributed by atoms with Crippen LogP contribution in [0.1, 0.15) is 12.0 Å². The van der Waals surface area contributed by atoms with Crippen LogP contribution in [-0.4, -0.2) is 25.9 Å². The SMILES string of the molecule is Cn1c(SC2CCc3ccccc3NC2=O)nnc1-c1ccco1. The van der Waals surface area contributed by atoms with Gasteiger partial charge in [-0.05, 0) is 36.6 Å². The minimum absolute atomic E-state index is 0.00694. The molecule has 1 N–H and O–H groups in total. The standard InChI is InChI=1S/C17H16N4O2S/c1-21-15(13-7-4-10-23-13)19-20-17(21)24-14-9-8-11-5-2-3-6-12(11)18-16(14)22/h2-7,10,14H,8-9H2,1H3,(H,18,22). The van der Waals surface area contributed by atoms with E-state index in [9.17, 15) is 4.79 Å². The minimum atomic E-state index is -0.204. The number of nitrogens with one attached hydrogen (secondary N) is 1. The number of carbonyl (C=O) groups is 1. The van der Waals surface area contributed by atoms with E-state index < -0.39 is 0 Å². The van der Waals surface area contributed by atoms with Crippen molar-refractivity contribution in [2.75, 3.05) is 5.32 Å². The van der Waals surface area contributed by atoms with E-state index in [-0.39, 0.29) is 11.2 Å². The lowest BCUT2D eigenvalue weighted by Crippen LogP contribution is -2.24. The van der Waals surface area contributed by atoms with Gasteiger partial charge in [-0.15, -0.1) is 10.2 Å². The van der Waals surface area contributed by atoms with E-state index in [2.05, 4.69) is 21.6 Å². The maximum absolute atomic E-state index is 12.5. The summed E-state index contributed by atoms with van der Waals surface area (Å²) in [5, 5.41) is 11.9. The molecular weight excluding hydrogens is 324 g/mol. The molecule has 3 heterocycles. The van der Waals surface area contributed by atoms with Crippen LogP contribution in [0.25, 0.3) is 11.6 Å². The summed E-state index contributed by atoms with van der Waals surface area (Å²) in [6, 6.07) is 11.6. The second kappa shape index (κ2) is 6.16. The van der Waals surface area contributed by atoms with Gasteiger partial charge in [0.05, 0.1) is 11.5 Å². The number of carbonyl (C=O) groups excluding carboxylic acids is 1. The maximum atomic E-state index is 12.5. The van der Waals surface area contributed by atoms with Crippen LogP contribution in [0.2, 0.25) is 0 Å². The smallest absolute Gasteiger partial charge is 0.237 e. The van der Waals surface area contributed by atoms with Crippen molar-refractivity contribution in [2.24, 2.45) is 7.05 Å². The Morgan fingerprint density at radius 2 is 2.12 bits per heavy atom. The highest BCUT2D eigenvalue weighted by Crippen LogP contribution is 2.32. The quantitative estimate of drug-likeness (QED) is 0.793. The first-order chi connectivity index (χ1) is 11.7. The molecule has 4 rings (SSSR count). The largest absolute Gasteiger partial charge is 0.461 e. The summed E-state index contributed by atoms with van der Waals surface area (Å²) in [6.45, 7) is 0. The minimum Gasteiger partial charge on any atom is -0.461 e. The number of benzene rings is 1. The van der Waals surface area contributed by atoms with Gasteiger partial charge >= 0.3 is 0 Å². The van der Waals surface area contributed by atoms with E-state index in [1.165, 1.54) is 17.3 Å². The predicted octanol–water partition coefficient (Wildman–Crippen LogP) is 3.12. The number of hydrogen-bond donors (Lipinski definition) is 1. The molecule has 0 spiro atoms. The number of amides is 1. The molecule has 0 aliphatic carbocycles. The molecule has 6 nitrogen and oxygen atoms in total. The van der Waals surface area contributed by atoms with Gasteiger partial charge in [0.1, 0.15) is 0 Å². The van der Waals surface area contributed by atoms with Crippen molar-refractivity contribution >= 4 is 23.4 Å². The molecule has 1 aliphatic rings. The number of fused-ring (bicyclic) bond motifs is 1. The molecule has 2 aromatic heterocycles. The average molecular weight is 340 g/mol. The summed E-state index contributed by atoms with van der Waals surface area (Å²) in [4.78, 5) is 12.5. The molecule has 7 heteroatoms. The zero-order chi connectivity index (χ0) is 16.5. The molecule has 0 saturated heterocycles. The fourth-order valence-corrected chi connectivity index (χ4v) is 3.76. The number of thioether (sulfide) groups is 1. The Hall–Kier alpha value is -2.54. The van der Waals surface area contributed by atoms with Crippen LogP contribution in [-0.2, 0) is 18.3 Å². The van der Waals surface area contributed by atoms with Gasteiger partial charge in [-0.25, -0.2) is 0 Å². The van der Waals surface area contributed by atoms with Gasteiger partial charge in [-0.3, -0.25) is 4.79 Å². The van der Waals surface area contributed by atoms with E-state index in [0.717, 1.165) is 18.5 Å². The van der Waals surface area contributed by atoms with Crippen LogP contribution in [0.5, 0.6) is 0 Å². The Morgan fingerprint density at radius 1 is 1.25 bits per heavy atom. The molecular formula is C17H16N4O2S. The second-order valence-corrected chi connectivity index (χ2v) is 6.80. The molecule has 1 aromatic carbocycles. The maximum Gasteiger partial charge on any atom is 0.237 e. The molecule has 0 fully saturated rings. The normalized spacial score (nSPS) is 17.2. The van der Waals surface area contributed by atoms with Crippen molar-refractivity contribution in [1.82, 2.24) is 14.8 Å². The van der Waals surface area contributed by atoms with Crippen LogP contribution < -0.4 is 5.32 Å². The third-order valence-electron chi connectivity index (χ3n) is 4.07. The summed E-state index contributed by atoms with van der Waals surface area (Å²) in [6.07, 6.45) is 3.22. The highest BCUT2D eigenvalue weighted by molar-refractivity contribution is 8.00. The monoisotopic (exact) mass is 340 g/mol. The van der Waals surface area contributed by atoms with E-state index in [4.69, 9.17) is 4.42 Å². The topological polar surface area (TPSA) is 73.0 Å². The van der Waals surface area contributed by atoms with Crippen LogP contribution in [0, 0.1) is 0 Å². The predicted molar refractivity (Wildman–Crippen MR) is 91.7 cm³/mol. The Labute approximate surface area is 143 Å². The van der Waals surface area contributed by atoms with Crippen molar-refractivity contribution in [1.29, 1.82) is 0 Å². The van der Waals surface area contributed by atoms with Crippen molar-refractivity contribution in [3.05, 3.63) is 48.2 Å².